The average molecular weight is 272 g/mol. The second kappa shape index (κ2) is 6.75. The molecule has 2 unspecified atom stereocenters. The summed E-state index contributed by atoms with van der Waals surface area (Å²) in [6.45, 7) is 4.11. The molecule has 1 N–H and O–H groups in total. The topological polar surface area (TPSA) is 55.2 Å². The third-order valence-corrected chi connectivity index (χ3v) is 2.89. The lowest BCUT2D eigenvalue weighted by Crippen LogP contribution is -2.29. The van der Waals surface area contributed by atoms with Crippen molar-refractivity contribution in [2.45, 2.75) is 31.9 Å². The molecule has 0 aliphatic carbocycles. The summed E-state index contributed by atoms with van der Waals surface area (Å²) in [5.74, 6) is 0.806. The van der Waals surface area contributed by atoms with Crippen LogP contribution < -0.4 is 5.32 Å². The van der Waals surface area contributed by atoms with E-state index in [0.717, 1.165) is 18.9 Å². The van der Waals surface area contributed by atoms with Gasteiger partial charge < -0.3 is 14.8 Å². The Kier molecular flexibility index (Phi) is 5.01. The van der Waals surface area contributed by atoms with Crippen molar-refractivity contribution >= 4 is 22.7 Å². The van der Waals surface area contributed by atoms with Crippen LogP contribution in [-0.2, 0) is 9.47 Å². The number of ether oxygens (including phenoxy) is 2. The Hall–Kier alpha value is -1.07. The van der Waals surface area contributed by atoms with Gasteiger partial charge in [-0.05, 0) is 24.1 Å². The van der Waals surface area contributed by atoms with E-state index < -0.39 is 0 Å². The van der Waals surface area contributed by atoms with E-state index in [9.17, 15) is 0 Å². The van der Waals surface area contributed by atoms with Crippen LogP contribution in [0.2, 0.25) is 0 Å². The minimum absolute atomic E-state index is 0.00376. The van der Waals surface area contributed by atoms with Gasteiger partial charge >= 0.3 is 0 Å². The average Bonchev–Trinajstić information content (AvgIpc) is 2.70. The highest BCUT2D eigenvalue weighted by atomic mass is 35.5. The number of nitrogens with one attached hydrogen (secondary N) is 1. The first-order valence-electron chi connectivity index (χ1n) is 6.23. The van der Waals surface area contributed by atoms with Crippen molar-refractivity contribution in [2.24, 2.45) is 9.98 Å². The third kappa shape index (κ3) is 3.71. The predicted molar refractivity (Wildman–Crippen MR) is 72.3 cm³/mol. The summed E-state index contributed by atoms with van der Waals surface area (Å²) < 4.78 is 10.8. The van der Waals surface area contributed by atoms with Gasteiger partial charge in [0.1, 0.15) is 18.0 Å². The van der Waals surface area contributed by atoms with Gasteiger partial charge in [0, 0.05) is 13.0 Å². The molecule has 0 spiro atoms. The van der Waals surface area contributed by atoms with Crippen LogP contribution in [0.5, 0.6) is 0 Å². The minimum atomic E-state index is -0.00552. The summed E-state index contributed by atoms with van der Waals surface area (Å²) in [6.07, 6.45) is 5.30. The van der Waals surface area contributed by atoms with Gasteiger partial charge in [0.15, 0.2) is 5.29 Å². The highest BCUT2D eigenvalue weighted by Crippen LogP contribution is 2.20. The van der Waals surface area contributed by atoms with Crippen LogP contribution in [0.4, 0.5) is 0 Å². The van der Waals surface area contributed by atoms with Crippen molar-refractivity contribution in [3.05, 3.63) is 12.3 Å². The Bertz CT molecular complexity index is 368. The highest BCUT2D eigenvalue weighted by Gasteiger charge is 2.29. The molecule has 0 aromatic rings. The molecule has 18 heavy (non-hydrogen) atoms. The maximum absolute atomic E-state index is 5.98. The number of aliphatic imine (C=N–C) groups is 2. The van der Waals surface area contributed by atoms with Crippen molar-refractivity contribution in [1.29, 1.82) is 0 Å². The van der Waals surface area contributed by atoms with Crippen LogP contribution in [0.15, 0.2) is 22.3 Å². The molecule has 6 heteroatoms. The van der Waals surface area contributed by atoms with Crippen LogP contribution in [0.1, 0.15) is 19.8 Å². The van der Waals surface area contributed by atoms with Gasteiger partial charge in [-0.1, -0.05) is 6.92 Å². The lowest BCUT2D eigenvalue weighted by molar-refractivity contribution is 0.142. The molecule has 0 aromatic heterocycles. The van der Waals surface area contributed by atoms with E-state index >= 15 is 0 Å². The molecule has 0 bridgehead atoms. The predicted octanol–water partition coefficient (Wildman–Crippen LogP) is 1.68. The molecule has 100 valence electrons. The number of fused-ring (bicyclic) bond motifs is 1. The number of amidine groups is 2. The van der Waals surface area contributed by atoms with Gasteiger partial charge in [0.2, 0.25) is 0 Å². The summed E-state index contributed by atoms with van der Waals surface area (Å²) in [7, 11) is 0. The first-order valence-corrected chi connectivity index (χ1v) is 6.61. The summed E-state index contributed by atoms with van der Waals surface area (Å²) in [5, 5.41) is 3.36. The molecule has 2 rings (SSSR count). The van der Waals surface area contributed by atoms with Crippen molar-refractivity contribution in [1.82, 2.24) is 5.32 Å². The zero-order valence-electron chi connectivity index (χ0n) is 10.4. The molecule has 0 fully saturated rings. The number of hydrogen-bond donors (Lipinski definition) is 1. The van der Waals surface area contributed by atoms with E-state index in [2.05, 4.69) is 22.2 Å². The number of rotatable bonds is 5. The number of hydrogen-bond acceptors (Lipinski definition) is 4. The molecule has 2 atom stereocenters. The van der Waals surface area contributed by atoms with Gasteiger partial charge in [-0.2, -0.15) is 0 Å². The molecule has 5 nitrogen and oxygen atoms in total. The maximum atomic E-state index is 5.98. The first kappa shape index (κ1) is 13.4. The monoisotopic (exact) mass is 271 g/mol. The Morgan fingerprint density at radius 3 is 3.33 bits per heavy atom. The maximum Gasteiger partial charge on any atom is 0.197 e. The molecule has 0 aromatic carbocycles. The van der Waals surface area contributed by atoms with E-state index in [0.29, 0.717) is 24.9 Å². The van der Waals surface area contributed by atoms with Crippen LogP contribution in [0.3, 0.4) is 0 Å². The summed E-state index contributed by atoms with van der Waals surface area (Å²) in [5.41, 5.74) is 0. The van der Waals surface area contributed by atoms with Gasteiger partial charge in [-0.15, -0.1) is 0 Å². The van der Waals surface area contributed by atoms with E-state index in [-0.39, 0.29) is 12.1 Å². The third-order valence-electron chi connectivity index (χ3n) is 2.70. The molecular formula is C12H18ClN3O2. The fourth-order valence-electron chi connectivity index (χ4n) is 1.85. The molecule has 0 radical (unpaired) electrons. The normalized spacial score (nSPS) is 28.3. The minimum Gasteiger partial charge on any atom is -0.495 e. The van der Waals surface area contributed by atoms with Gasteiger partial charge in [0.25, 0.3) is 0 Å². The second-order valence-corrected chi connectivity index (χ2v) is 4.54. The van der Waals surface area contributed by atoms with E-state index in [1.54, 1.807) is 6.26 Å². The quantitative estimate of drug-likeness (QED) is 0.611. The molecule has 0 saturated carbocycles. The van der Waals surface area contributed by atoms with Crippen molar-refractivity contribution in [3.8, 4) is 0 Å². The Morgan fingerprint density at radius 1 is 1.61 bits per heavy atom. The van der Waals surface area contributed by atoms with E-state index in [4.69, 9.17) is 21.1 Å². The highest BCUT2D eigenvalue weighted by molar-refractivity contribution is 6.66. The van der Waals surface area contributed by atoms with Crippen molar-refractivity contribution < 1.29 is 9.47 Å². The molecule has 0 amide bonds. The van der Waals surface area contributed by atoms with Crippen LogP contribution >= 0.6 is 11.6 Å². The smallest absolute Gasteiger partial charge is 0.197 e. The van der Waals surface area contributed by atoms with Crippen LogP contribution in [0.25, 0.3) is 0 Å². The van der Waals surface area contributed by atoms with Gasteiger partial charge in [0.05, 0.1) is 19.4 Å². The standard InChI is InChI=1S/C12H18ClN3O2/c1-2-5-17-7-4-14-11-8-10-9(3-6-18-10)15-12(13)16-11/h3,6,9-10H,2,4-5,7-8H2,1H3,(H,14,15,16). The van der Waals surface area contributed by atoms with Crippen molar-refractivity contribution in [3.63, 3.8) is 0 Å². The lowest BCUT2D eigenvalue weighted by Gasteiger charge is -2.12. The fourth-order valence-corrected chi connectivity index (χ4v) is 2.07. The first-order chi connectivity index (χ1) is 8.79. The molecule has 2 aliphatic heterocycles. The molecule has 2 aliphatic rings. The molecule has 0 saturated heterocycles. The SMILES string of the molecule is CCCOCCN=C1CC2OC=CC2N=C(Cl)N1. The van der Waals surface area contributed by atoms with E-state index in [1.807, 2.05) is 6.08 Å². The zero-order valence-corrected chi connectivity index (χ0v) is 11.2. The Balaban J connectivity index is 1.86. The number of nitrogens with zero attached hydrogens (tertiary/aromatic N) is 2. The fraction of sp³-hybridized carbons (Fsp3) is 0.667. The second-order valence-electron chi connectivity index (χ2n) is 4.18. The van der Waals surface area contributed by atoms with E-state index in [1.165, 1.54) is 0 Å². The lowest BCUT2D eigenvalue weighted by atomic mass is 10.1. The Morgan fingerprint density at radius 2 is 2.50 bits per heavy atom. The number of halogens is 1. The van der Waals surface area contributed by atoms with Crippen LogP contribution in [0, 0.1) is 0 Å². The molecule has 2 heterocycles. The zero-order chi connectivity index (χ0) is 12.8. The largest absolute Gasteiger partial charge is 0.495 e. The van der Waals surface area contributed by atoms with Crippen LogP contribution in [-0.4, -0.2) is 43.0 Å². The van der Waals surface area contributed by atoms with Gasteiger partial charge in [-0.25, -0.2) is 4.99 Å². The Labute approximate surface area is 112 Å². The summed E-state index contributed by atoms with van der Waals surface area (Å²) in [4.78, 5) is 8.73. The summed E-state index contributed by atoms with van der Waals surface area (Å²) >= 11 is 5.98. The van der Waals surface area contributed by atoms with Crippen molar-refractivity contribution in [2.75, 3.05) is 19.8 Å². The van der Waals surface area contributed by atoms with Gasteiger partial charge in [-0.3, -0.25) is 4.99 Å². The molecular weight excluding hydrogens is 254 g/mol. The summed E-state index contributed by atoms with van der Waals surface area (Å²) in [6, 6.07) is -0.00552.